The first-order chi connectivity index (χ1) is 16.0. The maximum absolute atomic E-state index is 12.3. The van der Waals surface area contributed by atoms with Gasteiger partial charge in [0.1, 0.15) is 23.4 Å². The standard InChI is InChI=1S/C22H22N8O3/c1-12(20-25-13(2)28-33-20)24-22-23-9-7-17(27-22)15-5-4-6-16(26-15)18-11-19(32-29-18)14-8-10-30(3)21(14)31/h4-7,9,11-12,14H,8,10H2,1-3H3,(H,23,24,27)/t12-,14+/m1/s1. The van der Waals surface area contributed by atoms with Crippen LogP contribution in [0.2, 0.25) is 0 Å². The molecule has 5 heterocycles. The predicted octanol–water partition coefficient (Wildman–Crippen LogP) is 3.00. The van der Waals surface area contributed by atoms with Gasteiger partial charge >= 0.3 is 0 Å². The number of carbonyl (C=O) groups excluding carboxylic acids is 1. The molecule has 1 N–H and O–H groups in total. The Balaban J connectivity index is 1.36. The zero-order valence-corrected chi connectivity index (χ0v) is 18.4. The molecule has 1 aliphatic rings. The third-order valence-electron chi connectivity index (χ3n) is 5.49. The van der Waals surface area contributed by atoms with E-state index < -0.39 is 0 Å². The summed E-state index contributed by atoms with van der Waals surface area (Å²) in [5, 5.41) is 11.1. The summed E-state index contributed by atoms with van der Waals surface area (Å²) < 4.78 is 10.7. The molecule has 0 radical (unpaired) electrons. The number of hydrogen-bond acceptors (Lipinski definition) is 10. The quantitative estimate of drug-likeness (QED) is 0.470. The van der Waals surface area contributed by atoms with Gasteiger partial charge in [0.2, 0.25) is 17.7 Å². The average Bonchev–Trinajstić information content (AvgIpc) is 3.55. The van der Waals surface area contributed by atoms with Crippen LogP contribution in [0.5, 0.6) is 0 Å². The molecule has 4 aromatic rings. The molecule has 0 bridgehead atoms. The summed E-state index contributed by atoms with van der Waals surface area (Å²) in [6.45, 7) is 4.36. The average molecular weight is 446 g/mol. The van der Waals surface area contributed by atoms with E-state index in [0.717, 1.165) is 6.42 Å². The zero-order valence-electron chi connectivity index (χ0n) is 18.4. The normalized spacial score (nSPS) is 16.9. The molecule has 0 aromatic carbocycles. The van der Waals surface area contributed by atoms with Crippen LogP contribution in [-0.2, 0) is 4.79 Å². The number of carbonyl (C=O) groups is 1. The predicted molar refractivity (Wildman–Crippen MR) is 117 cm³/mol. The molecule has 1 aliphatic heterocycles. The van der Waals surface area contributed by atoms with Crippen molar-refractivity contribution in [3.8, 4) is 22.8 Å². The van der Waals surface area contributed by atoms with Crippen molar-refractivity contribution < 1.29 is 13.8 Å². The minimum Gasteiger partial charge on any atom is -0.360 e. The summed E-state index contributed by atoms with van der Waals surface area (Å²) in [7, 11) is 1.79. The minimum absolute atomic E-state index is 0.0466. The molecular weight excluding hydrogens is 424 g/mol. The van der Waals surface area contributed by atoms with Crippen molar-refractivity contribution in [2.24, 2.45) is 0 Å². The van der Waals surface area contributed by atoms with E-state index in [1.54, 1.807) is 37.2 Å². The van der Waals surface area contributed by atoms with Gasteiger partial charge in [-0.05, 0) is 38.5 Å². The number of nitrogens with zero attached hydrogens (tertiary/aromatic N) is 7. The van der Waals surface area contributed by atoms with Crippen molar-refractivity contribution in [2.45, 2.75) is 32.2 Å². The highest BCUT2D eigenvalue weighted by molar-refractivity contribution is 5.85. The van der Waals surface area contributed by atoms with Gasteiger partial charge in [0, 0.05) is 25.9 Å². The zero-order chi connectivity index (χ0) is 22.9. The Bertz CT molecular complexity index is 1300. The number of aryl methyl sites for hydroxylation is 1. The van der Waals surface area contributed by atoms with Gasteiger partial charge in [0.25, 0.3) is 0 Å². The lowest BCUT2D eigenvalue weighted by atomic mass is 10.0. The van der Waals surface area contributed by atoms with E-state index in [9.17, 15) is 4.79 Å². The highest BCUT2D eigenvalue weighted by atomic mass is 16.5. The summed E-state index contributed by atoms with van der Waals surface area (Å²) in [6, 6.07) is 8.88. The number of likely N-dealkylation sites (N-methyl/N-ethyl adjacent to an activating group) is 1. The van der Waals surface area contributed by atoms with Crippen molar-refractivity contribution in [1.82, 2.24) is 35.1 Å². The number of pyridine rings is 1. The van der Waals surface area contributed by atoms with Gasteiger partial charge in [0.15, 0.2) is 5.82 Å². The molecule has 11 nitrogen and oxygen atoms in total. The van der Waals surface area contributed by atoms with Crippen LogP contribution in [0.15, 0.2) is 45.6 Å². The van der Waals surface area contributed by atoms with Crippen LogP contribution in [0.1, 0.15) is 42.8 Å². The maximum Gasteiger partial charge on any atom is 0.248 e. The third-order valence-corrected chi connectivity index (χ3v) is 5.49. The lowest BCUT2D eigenvalue weighted by molar-refractivity contribution is -0.128. The van der Waals surface area contributed by atoms with Crippen molar-refractivity contribution in [1.29, 1.82) is 0 Å². The van der Waals surface area contributed by atoms with Gasteiger partial charge in [-0.2, -0.15) is 4.98 Å². The number of rotatable bonds is 6. The molecule has 33 heavy (non-hydrogen) atoms. The minimum atomic E-state index is -0.292. The molecule has 5 rings (SSSR count). The second kappa shape index (κ2) is 8.41. The maximum atomic E-state index is 12.3. The second-order valence-corrected chi connectivity index (χ2v) is 7.93. The molecule has 0 aliphatic carbocycles. The van der Waals surface area contributed by atoms with Crippen molar-refractivity contribution in [3.05, 3.63) is 54.0 Å². The van der Waals surface area contributed by atoms with Crippen LogP contribution < -0.4 is 5.32 Å². The molecule has 0 saturated carbocycles. The smallest absolute Gasteiger partial charge is 0.248 e. The number of amides is 1. The molecule has 1 fully saturated rings. The fourth-order valence-corrected chi connectivity index (χ4v) is 3.70. The first kappa shape index (κ1) is 20.7. The van der Waals surface area contributed by atoms with E-state index in [1.807, 2.05) is 25.1 Å². The number of hydrogen-bond donors (Lipinski definition) is 1. The summed E-state index contributed by atoms with van der Waals surface area (Å²) in [6.07, 6.45) is 2.37. The van der Waals surface area contributed by atoms with Crippen LogP contribution in [-0.4, -0.2) is 54.6 Å². The fraction of sp³-hybridized carbons (Fsp3) is 0.318. The van der Waals surface area contributed by atoms with Crippen LogP contribution in [0.3, 0.4) is 0 Å². The molecule has 168 valence electrons. The van der Waals surface area contributed by atoms with E-state index in [-0.39, 0.29) is 17.9 Å². The van der Waals surface area contributed by atoms with Crippen molar-refractivity contribution in [3.63, 3.8) is 0 Å². The lowest BCUT2D eigenvalue weighted by Gasteiger charge is -2.10. The van der Waals surface area contributed by atoms with E-state index in [2.05, 4.69) is 30.6 Å². The molecule has 1 saturated heterocycles. The van der Waals surface area contributed by atoms with E-state index in [4.69, 9.17) is 14.0 Å². The van der Waals surface area contributed by atoms with Gasteiger partial charge in [-0.25, -0.2) is 15.0 Å². The largest absolute Gasteiger partial charge is 0.360 e. The molecule has 0 unspecified atom stereocenters. The first-order valence-corrected chi connectivity index (χ1v) is 10.6. The summed E-state index contributed by atoms with van der Waals surface area (Å²) in [5.74, 6) is 1.75. The molecule has 1 amide bonds. The van der Waals surface area contributed by atoms with Crippen LogP contribution in [0.4, 0.5) is 5.95 Å². The van der Waals surface area contributed by atoms with Crippen molar-refractivity contribution >= 4 is 11.9 Å². The highest BCUT2D eigenvalue weighted by Gasteiger charge is 2.33. The molecule has 11 heteroatoms. The Morgan fingerprint density at radius 2 is 1.85 bits per heavy atom. The van der Waals surface area contributed by atoms with E-state index in [1.165, 1.54) is 0 Å². The molecular formula is C22H22N8O3. The Hall–Kier alpha value is -4.15. The SMILES string of the molecule is Cc1noc([C@@H](C)Nc2nccc(-c3cccc(-c4cc([C@@H]5CCN(C)C5=O)on4)n3)n2)n1. The Kier molecular flexibility index (Phi) is 5.29. The summed E-state index contributed by atoms with van der Waals surface area (Å²) in [4.78, 5) is 31.7. The number of aromatic nitrogens is 6. The van der Waals surface area contributed by atoms with Gasteiger partial charge in [-0.15, -0.1) is 0 Å². The van der Waals surface area contributed by atoms with E-state index >= 15 is 0 Å². The van der Waals surface area contributed by atoms with Gasteiger partial charge in [-0.3, -0.25) is 4.79 Å². The number of anilines is 1. The van der Waals surface area contributed by atoms with Gasteiger partial charge < -0.3 is 19.3 Å². The number of nitrogens with one attached hydrogen (secondary N) is 1. The lowest BCUT2D eigenvalue weighted by Crippen LogP contribution is -2.21. The Labute approximate surface area is 189 Å². The summed E-state index contributed by atoms with van der Waals surface area (Å²) in [5.41, 5.74) is 2.49. The molecule has 0 spiro atoms. The Morgan fingerprint density at radius 3 is 2.58 bits per heavy atom. The highest BCUT2D eigenvalue weighted by Crippen LogP contribution is 2.30. The first-order valence-electron chi connectivity index (χ1n) is 10.6. The summed E-state index contributed by atoms with van der Waals surface area (Å²) >= 11 is 0. The second-order valence-electron chi connectivity index (χ2n) is 7.93. The van der Waals surface area contributed by atoms with Crippen LogP contribution in [0, 0.1) is 6.92 Å². The third kappa shape index (κ3) is 4.16. The van der Waals surface area contributed by atoms with Crippen molar-refractivity contribution in [2.75, 3.05) is 18.9 Å². The number of likely N-dealkylation sites (tertiary alicyclic amines) is 1. The van der Waals surface area contributed by atoms with E-state index in [0.29, 0.717) is 52.7 Å². The molecule has 2 atom stereocenters. The topological polar surface area (TPSA) is 136 Å². The van der Waals surface area contributed by atoms with Crippen LogP contribution in [0.25, 0.3) is 22.8 Å². The Morgan fingerprint density at radius 1 is 1.06 bits per heavy atom. The van der Waals surface area contributed by atoms with Gasteiger partial charge in [-0.1, -0.05) is 16.4 Å². The monoisotopic (exact) mass is 446 g/mol. The van der Waals surface area contributed by atoms with Gasteiger partial charge in [0.05, 0.1) is 17.1 Å². The van der Waals surface area contributed by atoms with Crippen LogP contribution >= 0.6 is 0 Å². The fourth-order valence-electron chi connectivity index (χ4n) is 3.70. The molecule has 4 aromatic heterocycles.